The van der Waals surface area contributed by atoms with Gasteiger partial charge in [-0.05, 0) is 24.0 Å². The lowest BCUT2D eigenvalue weighted by molar-refractivity contribution is -0.161. The third kappa shape index (κ3) is 4.06. The monoisotopic (exact) mass is 381 g/mol. The third-order valence-electron chi connectivity index (χ3n) is 4.93. The number of imide groups is 1. The van der Waals surface area contributed by atoms with E-state index in [1.54, 1.807) is 6.92 Å². The smallest absolute Gasteiger partial charge is 0.417 e. The van der Waals surface area contributed by atoms with E-state index in [4.69, 9.17) is 9.47 Å². The van der Waals surface area contributed by atoms with Crippen LogP contribution in [0.15, 0.2) is 60.7 Å². The Kier molecular flexibility index (Phi) is 6.09. The number of methoxy groups -OCH3 is 1. The topological polar surface area (TPSA) is 72.9 Å². The second kappa shape index (κ2) is 8.69. The van der Waals surface area contributed by atoms with Gasteiger partial charge in [-0.1, -0.05) is 67.6 Å². The highest BCUT2D eigenvalue weighted by Gasteiger charge is 2.43. The van der Waals surface area contributed by atoms with Crippen LogP contribution < -0.4 is 0 Å². The number of esters is 1. The van der Waals surface area contributed by atoms with Crippen molar-refractivity contribution in [2.24, 2.45) is 5.92 Å². The summed E-state index contributed by atoms with van der Waals surface area (Å²) in [5.74, 6) is -1.39. The molecule has 2 amide bonds. The molecule has 1 heterocycles. The van der Waals surface area contributed by atoms with Crippen molar-refractivity contribution < 1.29 is 23.9 Å². The van der Waals surface area contributed by atoms with Crippen LogP contribution in [0.4, 0.5) is 4.79 Å². The number of amides is 2. The highest BCUT2D eigenvalue weighted by Crippen LogP contribution is 2.30. The normalized spacial score (nSPS) is 19.4. The van der Waals surface area contributed by atoms with E-state index in [0.717, 1.165) is 16.0 Å². The van der Waals surface area contributed by atoms with Gasteiger partial charge in [0.1, 0.15) is 6.04 Å². The van der Waals surface area contributed by atoms with Crippen LogP contribution in [0.25, 0.3) is 0 Å². The molecule has 28 heavy (non-hydrogen) atoms. The van der Waals surface area contributed by atoms with Gasteiger partial charge in [0.25, 0.3) is 0 Å². The minimum atomic E-state index is -0.994. The molecular formula is C22H23NO5. The molecule has 0 saturated carbocycles. The maximum Gasteiger partial charge on any atom is 0.417 e. The van der Waals surface area contributed by atoms with Gasteiger partial charge < -0.3 is 9.47 Å². The lowest BCUT2D eigenvalue weighted by Crippen LogP contribution is -2.54. The molecule has 6 nitrogen and oxygen atoms in total. The average molecular weight is 381 g/mol. The van der Waals surface area contributed by atoms with Crippen LogP contribution in [0.5, 0.6) is 0 Å². The van der Waals surface area contributed by atoms with E-state index >= 15 is 0 Å². The van der Waals surface area contributed by atoms with Crippen molar-refractivity contribution in [2.75, 3.05) is 7.11 Å². The molecular weight excluding hydrogens is 358 g/mol. The number of carbonyl (C=O) groups is 3. The number of nitrogens with zero attached hydrogens (tertiary/aromatic N) is 1. The fraction of sp³-hybridized carbons (Fsp3) is 0.318. The lowest BCUT2D eigenvalue weighted by atomic mass is 9.93. The molecule has 1 saturated heterocycles. The van der Waals surface area contributed by atoms with Gasteiger partial charge >= 0.3 is 12.1 Å². The van der Waals surface area contributed by atoms with Gasteiger partial charge in [0.15, 0.2) is 6.10 Å². The Morgan fingerprint density at radius 1 is 0.964 bits per heavy atom. The fourth-order valence-electron chi connectivity index (χ4n) is 3.37. The van der Waals surface area contributed by atoms with Crippen molar-refractivity contribution in [3.63, 3.8) is 0 Å². The number of hydrogen-bond acceptors (Lipinski definition) is 5. The molecule has 0 spiro atoms. The number of likely N-dealkylation sites (tertiary alicyclic amines) is 1. The SMILES string of the molecule is COC(=O)N1C(=O)[C@@H](C)CC[C@H]1C(=O)OC(c1ccccc1)c1ccccc1. The van der Waals surface area contributed by atoms with Gasteiger partial charge in [0.05, 0.1) is 7.11 Å². The van der Waals surface area contributed by atoms with E-state index in [2.05, 4.69) is 0 Å². The fourth-order valence-corrected chi connectivity index (χ4v) is 3.37. The maximum atomic E-state index is 13.0. The summed E-state index contributed by atoms with van der Waals surface area (Å²) in [6.45, 7) is 1.73. The summed E-state index contributed by atoms with van der Waals surface area (Å²) in [6.07, 6.45) is -0.622. The summed E-state index contributed by atoms with van der Waals surface area (Å²) in [4.78, 5) is 38.5. The molecule has 1 fully saturated rings. The summed E-state index contributed by atoms with van der Waals surface area (Å²) in [5.41, 5.74) is 1.62. The van der Waals surface area contributed by atoms with Crippen molar-refractivity contribution in [3.8, 4) is 0 Å². The molecule has 2 atom stereocenters. The van der Waals surface area contributed by atoms with Crippen LogP contribution in [0.1, 0.15) is 37.0 Å². The summed E-state index contributed by atoms with van der Waals surface area (Å²) in [6, 6.07) is 17.7. The van der Waals surface area contributed by atoms with Crippen molar-refractivity contribution in [1.29, 1.82) is 0 Å². The molecule has 6 heteroatoms. The summed E-state index contributed by atoms with van der Waals surface area (Å²) in [7, 11) is 1.19. The molecule has 0 bridgehead atoms. The molecule has 1 aliphatic rings. The Labute approximate surface area is 164 Å². The Morgan fingerprint density at radius 2 is 1.50 bits per heavy atom. The number of rotatable bonds is 4. The molecule has 0 aliphatic carbocycles. The molecule has 146 valence electrons. The highest BCUT2D eigenvalue weighted by atomic mass is 16.6. The molecule has 0 aromatic heterocycles. The van der Waals surface area contributed by atoms with Gasteiger partial charge in [0, 0.05) is 5.92 Å². The maximum absolute atomic E-state index is 13.0. The molecule has 0 radical (unpaired) electrons. The molecule has 0 N–H and O–H groups in total. The number of hydrogen-bond donors (Lipinski definition) is 0. The molecule has 1 aliphatic heterocycles. The largest absolute Gasteiger partial charge is 0.452 e. The predicted octanol–water partition coefficient (Wildman–Crippen LogP) is 3.71. The van der Waals surface area contributed by atoms with Crippen molar-refractivity contribution >= 4 is 18.0 Å². The molecule has 2 aromatic rings. The van der Waals surface area contributed by atoms with Crippen LogP contribution in [0.2, 0.25) is 0 Å². The summed E-state index contributed by atoms with van der Waals surface area (Å²) >= 11 is 0. The van der Waals surface area contributed by atoms with Crippen LogP contribution in [-0.2, 0) is 19.1 Å². The first kappa shape index (κ1) is 19.6. The van der Waals surface area contributed by atoms with E-state index in [0.29, 0.717) is 12.8 Å². The first-order valence-electron chi connectivity index (χ1n) is 9.24. The molecule has 2 aromatic carbocycles. The highest BCUT2D eigenvalue weighted by molar-refractivity contribution is 5.98. The summed E-state index contributed by atoms with van der Waals surface area (Å²) in [5, 5.41) is 0. The minimum absolute atomic E-state index is 0.344. The second-order valence-electron chi connectivity index (χ2n) is 6.81. The zero-order valence-corrected chi connectivity index (χ0v) is 15.9. The molecule has 3 rings (SSSR count). The van der Waals surface area contributed by atoms with Crippen LogP contribution in [0.3, 0.4) is 0 Å². The number of benzene rings is 2. The van der Waals surface area contributed by atoms with Crippen molar-refractivity contribution in [2.45, 2.75) is 31.9 Å². The average Bonchev–Trinajstić information content (AvgIpc) is 2.74. The third-order valence-corrected chi connectivity index (χ3v) is 4.93. The second-order valence-corrected chi connectivity index (χ2v) is 6.81. The van der Waals surface area contributed by atoms with Gasteiger partial charge in [-0.3, -0.25) is 4.79 Å². The Bertz CT molecular complexity index is 797. The zero-order valence-electron chi connectivity index (χ0n) is 15.9. The van der Waals surface area contributed by atoms with Crippen LogP contribution >= 0.6 is 0 Å². The van der Waals surface area contributed by atoms with E-state index in [1.807, 2.05) is 60.7 Å². The standard InChI is InChI=1S/C22H23NO5/c1-15-13-14-18(23(20(15)24)22(26)27-2)21(25)28-19(16-9-5-3-6-10-16)17-11-7-4-8-12-17/h3-12,15,18-19H,13-14H2,1-2H3/t15-,18-/m0/s1. The van der Waals surface area contributed by atoms with Crippen LogP contribution in [0, 0.1) is 5.92 Å². The van der Waals surface area contributed by atoms with Gasteiger partial charge in [-0.2, -0.15) is 0 Å². The van der Waals surface area contributed by atoms with Gasteiger partial charge in [0.2, 0.25) is 5.91 Å². The van der Waals surface area contributed by atoms with Crippen molar-refractivity contribution in [1.82, 2.24) is 4.90 Å². The lowest BCUT2D eigenvalue weighted by Gasteiger charge is -2.35. The van der Waals surface area contributed by atoms with Gasteiger partial charge in [-0.25, -0.2) is 14.5 Å². The van der Waals surface area contributed by atoms with Crippen LogP contribution in [-0.4, -0.2) is 36.0 Å². The number of ether oxygens (including phenoxy) is 2. The first-order valence-corrected chi connectivity index (χ1v) is 9.24. The number of carbonyl (C=O) groups excluding carboxylic acids is 3. The zero-order chi connectivity index (χ0) is 20.1. The predicted molar refractivity (Wildman–Crippen MR) is 102 cm³/mol. The van der Waals surface area contributed by atoms with E-state index in [-0.39, 0.29) is 5.92 Å². The van der Waals surface area contributed by atoms with E-state index < -0.39 is 30.1 Å². The van der Waals surface area contributed by atoms with E-state index in [1.165, 1.54) is 7.11 Å². The Hall–Kier alpha value is -3.15. The van der Waals surface area contributed by atoms with E-state index in [9.17, 15) is 14.4 Å². The Morgan fingerprint density at radius 3 is 2.00 bits per heavy atom. The number of piperidine rings is 1. The minimum Gasteiger partial charge on any atom is -0.452 e. The quantitative estimate of drug-likeness (QED) is 0.755. The molecule has 0 unspecified atom stereocenters. The van der Waals surface area contributed by atoms with Crippen molar-refractivity contribution in [3.05, 3.63) is 71.8 Å². The first-order chi connectivity index (χ1) is 13.5. The Balaban J connectivity index is 1.89. The summed E-state index contributed by atoms with van der Waals surface area (Å²) < 4.78 is 10.6. The van der Waals surface area contributed by atoms with Gasteiger partial charge in [-0.15, -0.1) is 0 Å².